The van der Waals surface area contributed by atoms with Gasteiger partial charge < -0.3 is 9.47 Å². The molecule has 31 heavy (non-hydrogen) atoms. The lowest BCUT2D eigenvalue weighted by atomic mass is 10.1. The summed E-state index contributed by atoms with van der Waals surface area (Å²) in [5, 5.41) is 4.81. The van der Waals surface area contributed by atoms with Gasteiger partial charge in [0.15, 0.2) is 5.69 Å². The summed E-state index contributed by atoms with van der Waals surface area (Å²) < 4.78 is 12.3. The minimum atomic E-state index is -0.628. The van der Waals surface area contributed by atoms with E-state index in [9.17, 15) is 14.4 Å². The van der Waals surface area contributed by atoms with Crippen molar-refractivity contribution < 1.29 is 19.1 Å². The molecule has 2 aromatic carbocycles. The molecule has 1 fully saturated rings. The average molecular weight is 422 g/mol. The van der Waals surface area contributed by atoms with Gasteiger partial charge >= 0.3 is 0 Å². The van der Waals surface area contributed by atoms with Gasteiger partial charge in [-0.3, -0.25) is 25.2 Å². The number of hydrazine groups is 1. The van der Waals surface area contributed by atoms with Crippen LogP contribution in [0.15, 0.2) is 53.3 Å². The zero-order valence-corrected chi connectivity index (χ0v) is 17.0. The van der Waals surface area contributed by atoms with Crippen LogP contribution in [0.1, 0.15) is 33.7 Å². The molecule has 1 unspecified atom stereocenters. The van der Waals surface area contributed by atoms with Crippen molar-refractivity contribution in [3.05, 3.63) is 70.1 Å². The number of carbonyl (C=O) groups excluding carboxylic acids is 2. The first-order valence-electron chi connectivity index (χ1n) is 9.94. The zero-order chi connectivity index (χ0) is 21.8. The van der Waals surface area contributed by atoms with Crippen LogP contribution >= 0.6 is 0 Å². The molecular formula is C22H22N4O5. The van der Waals surface area contributed by atoms with Gasteiger partial charge in [0.1, 0.15) is 12.4 Å². The van der Waals surface area contributed by atoms with Crippen LogP contribution in [-0.2, 0) is 11.8 Å². The maximum atomic E-state index is 12.6. The van der Waals surface area contributed by atoms with Gasteiger partial charge in [-0.15, -0.1) is 0 Å². The van der Waals surface area contributed by atoms with E-state index in [1.54, 1.807) is 48.5 Å². The molecule has 2 N–H and O–H groups in total. The summed E-state index contributed by atoms with van der Waals surface area (Å²) in [6.45, 7) is 1.24. The summed E-state index contributed by atoms with van der Waals surface area (Å²) in [5.74, 6) is -0.484. The fourth-order valence-corrected chi connectivity index (χ4v) is 3.38. The average Bonchev–Trinajstić information content (AvgIpc) is 3.32. The largest absolute Gasteiger partial charge is 0.491 e. The van der Waals surface area contributed by atoms with Crippen molar-refractivity contribution in [1.82, 2.24) is 20.6 Å². The number of hydrogen-bond donors (Lipinski definition) is 2. The van der Waals surface area contributed by atoms with Gasteiger partial charge in [0, 0.05) is 24.6 Å². The molecule has 1 aliphatic rings. The predicted octanol–water partition coefficient (Wildman–Crippen LogP) is 1.57. The zero-order valence-electron chi connectivity index (χ0n) is 17.0. The highest BCUT2D eigenvalue weighted by Gasteiger charge is 2.17. The topological polar surface area (TPSA) is 112 Å². The fourth-order valence-electron chi connectivity index (χ4n) is 3.38. The second-order valence-electron chi connectivity index (χ2n) is 7.20. The Labute approximate surface area is 177 Å². The molecular weight excluding hydrogens is 400 g/mol. The number of rotatable bonds is 5. The van der Waals surface area contributed by atoms with Gasteiger partial charge in [0.25, 0.3) is 17.4 Å². The molecule has 160 valence electrons. The molecule has 2 amide bonds. The van der Waals surface area contributed by atoms with Gasteiger partial charge in [0.05, 0.1) is 11.5 Å². The van der Waals surface area contributed by atoms with Crippen molar-refractivity contribution in [1.29, 1.82) is 0 Å². The van der Waals surface area contributed by atoms with Gasteiger partial charge in [-0.25, -0.2) is 4.68 Å². The van der Waals surface area contributed by atoms with E-state index in [1.165, 1.54) is 7.05 Å². The molecule has 0 bridgehead atoms. The number of aromatic nitrogens is 2. The first-order chi connectivity index (χ1) is 15.0. The standard InChI is InChI=1S/C22H22N4O5/c1-26-22(29)18-7-3-2-6-17(18)19(25-26)21(28)24-23-20(27)14-8-10-15(11-9-14)31-13-16-5-4-12-30-16/h2-3,6-11,16H,4-5,12-13H2,1H3,(H,23,27)(H,24,28). The third kappa shape index (κ3) is 4.56. The molecule has 9 nitrogen and oxygen atoms in total. The van der Waals surface area contributed by atoms with Gasteiger partial charge in [0.2, 0.25) is 0 Å². The highest BCUT2D eigenvalue weighted by Crippen LogP contribution is 2.17. The Hall–Kier alpha value is -3.72. The maximum absolute atomic E-state index is 12.6. The van der Waals surface area contributed by atoms with Crippen LogP contribution in [0.3, 0.4) is 0 Å². The van der Waals surface area contributed by atoms with Crippen molar-refractivity contribution >= 4 is 22.6 Å². The number of nitrogens with zero attached hydrogens (tertiary/aromatic N) is 2. The van der Waals surface area contributed by atoms with Crippen LogP contribution in [0.4, 0.5) is 0 Å². The number of amides is 2. The molecule has 1 saturated heterocycles. The Bertz CT molecular complexity index is 1170. The van der Waals surface area contributed by atoms with E-state index >= 15 is 0 Å². The number of carbonyl (C=O) groups is 2. The number of hydrogen-bond acceptors (Lipinski definition) is 6. The van der Waals surface area contributed by atoms with E-state index in [2.05, 4.69) is 16.0 Å². The summed E-state index contributed by atoms with van der Waals surface area (Å²) in [6.07, 6.45) is 2.14. The highest BCUT2D eigenvalue weighted by molar-refractivity contribution is 6.06. The minimum Gasteiger partial charge on any atom is -0.491 e. The van der Waals surface area contributed by atoms with Crippen molar-refractivity contribution in [2.45, 2.75) is 18.9 Å². The summed E-state index contributed by atoms with van der Waals surface area (Å²) in [7, 11) is 1.46. The SMILES string of the molecule is Cn1nc(C(=O)NNC(=O)c2ccc(OCC3CCCO3)cc2)c2ccccc2c1=O. The van der Waals surface area contributed by atoms with E-state index in [1.807, 2.05) is 0 Å². The van der Waals surface area contributed by atoms with Crippen molar-refractivity contribution in [2.75, 3.05) is 13.2 Å². The number of ether oxygens (including phenoxy) is 2. The van der Waals surface area contributed by atoms with Gasteiger partial charge in [-0.1, -0.05) is 18.2 Å². The molecule has 0 aliphatic carbocycles. The van der Waals surface area contributed by atoms with Crippen LogP contribution in [0, 0.1) is 0 Å². The van der Waals surface area contributed by atoms with Crippen molar-refractivity contribution in [3.63, 3.8) is 0 Å². The molecule has 2 heterocycles. The van der Waals surface area contributed by atoms with E-state index in [0.29, 0.717) is 28.7 Å². The summed E-state index contributed by atoms with van der Waals surface area (Å²) in [6, 6.07) is 13.3. The lowest BCUT2D eigenvalue weighted by molar-refractivity contribution is 0.0679. The number of fused-ring (bicyclic) bond motifs is 1. The molecule has 0 radical (unpaired) electrons. The third-order valence-electron chi connectivity index (χ3n) is 5.04. The van der Waals surface area contributed by atoms with Crippen LogP contribution < -0.4 is 21.1 Å². The molecule has 1 atom stereocenters. The Morgan fingerprint density at radius 1 is 1.10 bits per heavy atom. The third-order valence-corrected chi connectivity index (χ3v) is 5.04. The van der Waals surface area contributed by atoms with Crippen LogP contribution in [0.5, 0.6) is 5.75 Å². The molecule has 0 spiro atoms. The molecule has 9 heteroatoms. The molecule has 3 aromatic rings. The number of nitrogens with one attached hydrogen (secondary N) is 2. The first kappa shape index (κ1) is 20.5. The van der Waals surface area contributed by atoms with Crippen LogP contribution in [0.2, 0.25) is 0 Å². The monoisotopic (exact) mass is 422 g/mol. The highest BCUT2D eigenvalue weighted by atomic mass is 16.5. The van der Waals surface area contributed by atoms with Gasteiger partial charge in [-0.05, 0) is 43.2 Å². The molecule has 1 aliphatic heterocycles. The Morgan fingerprint density at radius 3 is 2.52 bits per heavy atom. The summed E-state index contributed by atoms with van der Waals surface area (Å²) in [5.41, 5.74) is 4.79. The van der Waals surface area contributed by atoms with E-state index in [4.69, 9.17) is 9.47 Å². The normalized spacial score (nSPS) is 15.6. The van der Waals surface area contributed by atoms with E-state index < -0.39 is 11.8 Å². The molecule has 0 saturated carbocycles. The second-order valence-corrected chi connectivity index (χ2v) is 7.20. The van der Waals surface area contributed by atoms with E-state index in [-0.39, 0.29) is 17.4 Å². The quantitative estimate of drug-likeness (QED) is 0.604. The van der Waals surface area contributed by atoms with Crippen LogP contribution in [0.25, 0.3) is 10.8 Å². The number of aryl methyl sites for hydroxylation is 1. The molecule has 4 rings (SSSR count). The van der Waals surface area contributed by atoms with Crippen LogP contribution in [-0.4, -0.2) is 40.9 Å². The Morgan fingerprint density at radius 2 is 1.81 bits per heavy atom. The predicted molar refractivity (Wildman–Crippen MR) is 113 cm³/mol. The van der Waals surface area contributed by atoms with Crippen molar-refractivity contribution in [2.24, 2.45) is 7.05 Å². The van der Waals surface area contributed by atoms with E-state index in [0.717, 1.165) is 24.1 Å². The molecule has 1 aromatic heterocycles. The lowest BCUT2D eigenvalue weighted by Gasteiger charge is -2.12. The fraction of sp³-hybridized carbons (Fsp3) is 0.273. The van der Waals surface area contributed by atoms with Gasteiger partial charge in [-0.2, -0.15) is 5.10 Å². The smallest absolute Gasteiger partial charge is 0.290 e. The maximum Gasteiger partial charge on any atom is 0.290 e. The summed E-state index contributed by atoms with van der Waals surface area (Å²) >= 11 is 0. The number of benzene rings is 2. The lowest BCUT2D eigenvalue weighted by Crippen LogP contribution is -2.42. The second kappa shape index (κ2) is 8.97. The minimum absolute atomic E-state index is 0.0379. The summed E-state index contributed by atoms with van der Waals surface area (Å²) in [4.78, 5) is 37.2. The van der Waals surface area contributed by atoms with Crippen molar-refractivity contribution in [3.8, 4) is 5.75 Å². The first-order valence-corrected chi connectivity index (χ1v) is 9.94. The Balaban J connectivity index is 1.38. The Kier molecular flexibility index (Phi) is 5.94.